The van der Waals surface area contributed by atoms with Crippen LogP contribution in [0, 0.1) is 0 Å². The SMILES string of the molecule is O=c1c(O)c(-c2ccc(Cl)cc2Cl)oc2ccccc12. The Balaban J connectivity index is 2.37. The van der Waals surface area contributed by atoms with E-state index < -0.39 is 11.2 Å². The Kier molecular flexibility index (Phi) is 3.16. The summed E-state index contributed by atoms with van der Waals surface area (Å²) in [6, 6.07) is 11.4. The van der Waals surface area contributed by atoms with Gasteiger partial charge in [0, 0.05) is 10.6 Å². The van der Waals surface area contributed by atoms with Crippen LogP contribution in [0.1, 0.15) is 0 Å². The molecule has 100 valence electrons. The van der Waals surface area contributed by atoms with Crippen molar-refractivity contribution >= 4 is 34.2 Å². The van der Waals surface area contributed by atoms with E-state index in [1.54, 1.807) is 36.4 Å². The predicted octanol–water partition coefficient (Wildman–Crippen LogP) is 4.47. The third kappa shape index (κ3) is 2.05. The fourth-order valence-electron chi connectivity index (χ4n) is 1.99. The van der Waals surface area contributed by atoms with Gasteiger partial charge in [0.1, 0.15) is 5.58 Å². The lowest BCUT2D eigenvalue weighted by Gasteiger charge is -2.07. The molecule has 0 atom stereocenters. The highest BCUT2D eigenvalue weighted by Crippen LogP contribution is 2.35. The van der Waals surface area contributed by atoms with Crippen molar-refractivity contribution in [1.82, 2.24) is 0 Å². The summed E-state index contributed by atoms with van der Waals surface area (Å²) in [6.45, 7) is 0. The van der Waals surface area contributed by atoms with E-state index in [0.29, 0.717) is 26.6 Å². The minimum Gasteiger partial charge on any atom is -0.502 e. The predicted molar refractivity (Wildman–Crippen MR) is 79.6 cm³/mol. The first-order chi connectivity index (χ1) is 9.58. The monoisotopic (exact) mass is 306 g/mol. The van der Waals surface area contributed by atoms with Crippen LogP contribution in [0.5, 0.6) is 5.75 Å². The second kappa shape index (κ2) is 4.85. The average Bonchev–Trinajstić information content (AvgIpc) is 2.43. The molecule has 0 aliphatic heterocycles. The first-order valence-electron chi connectivity index (χ1n) is 5.78. The van der Waals surface area contributed by atoms with Crippen LogP contribution in [-0.2, 0) is 0 Å². The molecule has 3 aromatic rings. The molecule has 0 saturated heterocycles. The number of halogens is 2. The van der Waals surface area contributed by atoms with Crippen LogP contribution in [-0.4, -0.2) is 5.11 Å². The Morgan fingerprint density at radius 3 is 2.55 bits per heavy atom. The fraction of sp³-hybridized carbons (Fsp3) is 0. The van der Waals surface area contributed by atoms with E-state index in [9.17, 15) is 9.90 Å². The molecule has 0 spiro atoms. The zero-order valence-electron chi connectivity index (χ0n) is 10.1. The molecule has 0 aliphatic rings. The quantitative estimate of drug-likeness (QED) is 0.721. The van der Waals surface area contributed by atoms with Gasteiger partial charge in [0.2, 0.25) is 11.2 Å². The van der Waals surface area contributed by atoms with Crippen molar-refractivity contribution in [1.29, 1.82) is 0 Å². The van der Waals surface area contributed by atoms with Crippen molar-refractivity contribution in [3.63, 3.8) is 0 Å². The molecule has 1 aromatic heterocycles. The van der Waals surface area contributed by atoms with Gasteiger partial charge in [-0.05, 0) is 30.3 Å². The number of hydrogen-bond acceptors (Lipinski definition) is 3. The van der Waals surface area contributed by atoms with E-state index in [-0.39, 0.29) is 5.76 Å². The number of hydrogen-bond donors (Lipinski definition) is 1. The largest absolute Gasteiger partial charge is 0.502 e. The van der Waals surface area contributed by atoms with Crippen LogP contribution < -0.4 is 5.43 Å². The van der Waals surface area contributed by atoms with Gasteiger partial charge >= 0.3 is 0 Å². The van der Waals surface area contributed by atoms with Gasteiger partial charge in [-0.25, -0.2) is 0 Å². The Morgan fingerprint density at radius 1 is 1.05 bits per heavy atom. The van der Waals surface area contributed by atoms with Crippen LogP contribution in [0.3, 0.4) is 0 Å². The molecule has 2 aromatic carbocycles. The maximum Gasteiger partial charge on any atom is 0.235 e. The third-order valence-corrected chi connectivity index (χ3v) is 3.50. The highest BCUT2D eigenvalue weighted by molar-refractivity contribution is 6.36. The molecule has 0 bridgehead atoms. The number of para-hydroxylation sites is 1. The summed E-state index contributed by atoms with van der Waals surface area (Å²) >= 11 is 11.9. The van der Waals surface area contributed by atoms with Crippen LogP contribution in [0.15, 0.2) is 51.7 Å². The summed E-state index contributed by atoms with van der Waals surface area (Å²) < 4.78 is 5.60. The van der Waals surface area contributed by atoms with Crippen LogP contribution in [0.2, 0.25) is 10.0 Å². The zero-order valence-corrected chi connectivity index (χ0v) is 11.6. The lowest BCUT2D eigenvalue weighted by atomic mass is 10.1. The standard InChI is InChI=1S/C15H8Cl2O3/c16-8-5-6-9(11(17)7-8)15-14(19)13(18)10-3-1-2-4-12(10)20-15/h1-7,19H. The van der Waals surface area contributed by atoms with Gasteiger partial charge in [-0.3, -0.25) is 4.79 Å². The lowest BCUT2D eigenvalue weighted by molar-refractivity contribution is 0.449. The third-order valence-electron chi connectivity index (χ3n) is 2.95. The highest BCUT2D eigenvalue weighted by atomic mass is 35.5. The fourth-order valence-corrected chi connectivity index (χ4v) is 2.48. The van der Waals surface area contributed by atoms with Crippen molar-refractivity contribution in [3.8, 4) is 17.1 Å². The highest BCUT2D eigenvalue weighted by Gasteiger charge is 2.17. The second-order valence-electron chi connectivity index (χ2n) is 4.23. The summed E-state index contributed by atoms with van der Waals surface area (Å²) in [5, 5.41) is 11.1. The maximum absolute atomic E-state index is 12.1. The Morgan fingerprint density at radius 2 is 1.80 bits per heavy atom. The Bertz CT molecular complexity index is 869. The van der Waals surface area contributed by atoms with Gasteiger partial charge in [0.05, 0.1) is 10.4 Å². The van der Waals surface area contributed by atoms with Gasteiger partial charge in [-0.1, -0.05) is 35.3 Å². The van der Waals surface area contributed by atoms with E-state index in [2.05, 4.69) is 0 Å². The van der Waals surface area contributed by atoms with E-state index in [1.165, 1.54) is 6.07 Å². The van der Waals surface area contributed by atoms with Crippen molar-refractivity contribution in [2.45, 2.75) is 0 Å². The topological polar surface area (TPSA) is 50.4 Å². The molecule has 0 saturated carbocycles. The molecular formula is C15H8Cl2O3. The number of rotatable bonds is 1. The summed E-state index contributed by atoms with van der Waals surface area (Å²) in [7, 11) is 0. The summed E-state index contributed by atoms with van der Waals surface area (Å²) in [6.07, 6.45) is 0. The first kappa shape index (κ1) is 13.0. The molecule has 0 fully saturated rings. The number of benzene rings is 2. The molecule has 3 rings (SSSR count). The Labute approximate surface area is 124 Å². The van der Waals surface area contributed by atoms with Gasteiger partial charge < -0.3 is 9.52 Å². The Hall–Kier alpha value is -1.97. The molecule has 0 unspecified atom stereocenters. The molecule has 3 nitrogen and oxygen atoms in total. The molecule has 0 radical (unpaired) electrons. The zero-order chi connectivity index (χ0) is 14.3. The minimum absolute atomic E-state index is 0.0374. The number of fused-ring (bicyclic) bond motifs is 1. The van der Waals surface area contributed by atoms with Gasteiger partial charge in [-0.2, -0.15) is 0 Å². The molecule has 20 heavy (non-hydrogen) atoms. The van der Waals surface area contributed by atoms with E-state index in [1.807, 2.05) is 0 Å². The van der Waals surface area contributed by atoms with Gasteiger partial charge in [-0.15, -0.1) is 0 Å². The molecule has 0 aliphatic carbocycles. The number of aromatic hydroxyl groups is 1. The summed E-state index contributed by atoms with van der Waals surface area (Å²) in [5.41, 5.74) is 0.306. The smallest absolute Gasteiger partial charge is 0.235 e. The normalized spacial score (nSPS) is 10.9. The summed E-state index contributed by atoms with van der Waals surface area (Å²) in [4.78, 5) is 12.1. The molecule has 1 N–H and O–H groups in total. The molecular weight excluding hydrogens is 299 g/mol. The van der Waals surface area contributed by atoms with Gasteiger partial charge in [0.25, 0.3) is 0 Å². The van der Waals surface area contributed by atoms with Crippen molar-refractivity contribution in [2.24, 2.45) is 0 Å². The molecule has 1 heterocycles. The van der Waals surface area contributed by atoms with Crippen LogP contribution in [0.25, 0.3) is 22.3 Å². The van der Waals surface area contributed by atoms with E-state index >= 15 is 0 Å². The maximum atomic E-state index is 12.1. The van der Waals surface area contributed by atoms with Crippen LogP contribution >= 0.6 is 23.2 Å². The van der Waals surface area contributed by atoms with E-state index in [0.717, 1.165) is 0 Å². The molecule has 0 amide bonds. The first-order valence-corrected chi connectivity index (χ1v) is 6.54. The van der Waals surface area contributed by atoms with Crippen molar-refractivity contribution in [2.75, 3.05) is 0 Å². The average molecular weight is 307 g/mol. The van der Waals surface area contributed by atoms with Crippen LogP contribution in [0.4, 0.5) is 0 Å². The van der Waals surface area contributed by atoms with Crippen molar-refractivity contribution < 1.29 is 9.52 Å². The molecule has 5 heteroatoms. The lowest BCUT2D eigenvalue weighted by Crippen LogP contribution is -2.02. The van der Waals surface area contributed by atoms with Crippen molar-refractivity contribution in [3.05, 3.63) is 62.7 Å². The van der Waals surface area contributed by atoms with E-state index in [4.69, 9.17) is 27.6 Å². The second-order valence-corrected chi connectivity index (χ2v) is 5.07. The summed E-state index contributed by atoms with van der Waals surface area (Å²) in [5.74, 6) is -0.428. The minimum atomic E-state index is -0.493. The van der Waals surface area contributed by atoms with Gasteiger partial charge in [0.15, 0.2) is 5.76 Å².